The van der Waals surface area contributed by atoms with Crippen LogP contribution in [0.2, 0.25) is 0 Å². The molecule has 0 aromatic rings. The number of rotatable bonds is 3. The Labute approximate surface area is 137 Å². The van der Waals surface area contributed by atoms with E-state index in [0.717, 1.165) is 31.8 Å². The van der Waals surface area contributed by atoms with Crippen molar-refractivity contribution in [3.8, 4) is 0 Å². The lowest BCUT2D eigenvalue weighted by atomic mass is 10.1. The van der Waals surface area contributed by atoms with Gasteiger partial charge in [-0.2, -0.15) is 0 Å². The van der Waals surface area contributed by atoms with E-state index in [4.69, 9.17) is 5.73 Å². The predicted octanol–water partition coefficient (Wildman–Crippen LogP) is 2.83. The van der Waals surface area contributed by atoms with Crippen LogP contribution in [-0.4, -0.2) is 30.9 Å². The molecule has 1 aliphatic heterocycles. The first kappa shape index (κ1) is 25.8. The molecule has 0 saturated carbocycles. The van der Waals surface area contributed by atoms with Crippen molar-refractivity contribution in [2.24, 2.45) is 11.7 Å². The van der Waals surface area contributed by atoms with Gasteiger partial charge in [-0.1, -0.05) is 54.9 Å². The minimum Gasteiger partial charge on any atom is -0.369 e. The van der Waals surface area contributed by atoms with Crippen LogP contribution in [0.4, 0.5) is 0 Å². The Balaban J connectivity index is -0.000000336. The largest absolute Gasteiger partial charge is 0.369 e. The molecule has 1 heterocycles. The minimum atomic E-state index is -0.577. The van der Waals surface area contributed by atoms with Gasteiger partial charge in [-0.25, -0.2) is 0 Å². The summed E-state index contributed by atoms with van der Waals surface area (Å²) in [6.45, 7) is 16.6. The highest BCUT2D eigenvalue weighted by Gasteiger charge is 2.15. The number of piperidine rings is 1. The van der Waals surface area contributed by atoms with Gasteiger partial charge in [-0.05, 0) is 31.8 Å². The first-order chi connectivity index (χ1) is 10.3. The molecule has 22 heavy (non-hydrogen) atoms. The Morgan fingerprint density at radius 2 is 1.50 bits per heavy atom. The van der Waals surface area contributed by atoms with Crippen LogP contribution in [0.3, 0.4) is 0 Å². The Morgan fingerprint density at radius 3 is 1.82 bits per heavy atom. The standard InChI is InChI=1S/C8H15N3O2.C4H10.C3H8.C2H6/c9-7(12)5-8(13)11-6-1-3-10-4-2-6;1-4(2)3;1-3-2;1-2/h6,10H,1-5H2,(H2,9,12)(H,11,13);4H,1-3H3;3H2,1-2H3;1-2H3. The zero-order chi connectivity index (χ0) is 18.0. The van der Waals surface area contributed by atoms with Crippen molar-refractivity contribution < 1.29 is 9.59 Å². The van der Waals surface area contributed by atoms with Crippen molar-refractivity contribution in [1.82, 2.24) is 10.6 Å². The molecule has 2 amide bonds. The summed E-state index contributed by atoms with van der Waals surface area (Å²) in [7, 11) is 0. The van der Waals surface area contributed by atoms with Crippen LogP contribution in [0.1, 0.15) is 74.1 Å². The Bertz CT molecular complexity index is 248. The topological polar surface area (TPSA) is 84.2 Å². The fourth-order valence-corrected chi connectivity index (χ4v) is 1.40. The SMILES string of the molecule is CC.CC(C)C.CCC.NC(=O)CC(=O)NC1CCNCC1. The van der Waals surface area contributed by atoms with Crippen molar-refractivity contribution in [2.75, 3.05) is 13.1 Å². The van der Waals surface area contributed by atoms with Gasteiger partial charge in [-0.3, -0.25) is 9.59 Å². The molecule has 0 aromatic carbocycles. The molecule has 0 radical (unpaired) electrons. The minimum absolute atomic E-state index is 0.202. The first-order valence-electron chi connectivity index (χ1n) is 8.61. The van der Waals surface area contributed by atoms with E-state index < -0.39 is 5.91 Å². The van der Waals surface area contributed by atoms with Crippen LogP contribution >= 0.6 is 0 Å². The van der Waals surface area contributed by atoms with Gasteiger partial charge in [-0.15, -0.1) is 0 Å². The van der Waals surface area contributed by atoms with Crippen LogP contribution in [0.5, 0.6) is 0 Å². The number of nitrogens with two attached hydrogens (primary N) is 1. The highest BCUT2D eigenvalue weighted by atomic mass is 16.2. The zero-order valence-corrected chi connectivity index (χ0v) is 15.8. The molecule has 1 saturated heterocycles. The zero-order valence-electron chi connectivity index (χ0n) is 15.8. The van der Waals surface area contributed by atoms with Crippen molar-refractivity contribution in [1.29, 1.82) is 0 Å². The number of carbonyl (C=O) groups is 2. The molecule has 4 N–H and O–H groups in total. The fourth-order valence-electron chi connectivity index (χ4n) is 1.40. The van der Waals surface area contributed by atoms with Crippen LogP contribution in [-0.2, 0) is 9.59 Å². The van der Waals surface area contributed by atoms with Gasteiger partial charge in [0, 0.05) is 6.04 Å². The van der Waals surface area contributed by atoms with Gasteiger partial charge in [0.15, 0.2) is 0 Å². The van der Waals surface area contributed by atoms with E-state index in [1.807, 2.05) is 13.8 Å². The van der Waals surface area contributed by atoms with Gasteiger partial charge in [0.05, 0.1) is 0 Å². The second-order valence-corrected chi connectivity index (χ2v) is 5.67. The summed E-state index contributed by atoms with van der Waals surface area (Å²) < 4.78 is 0. The number of hydrogen-bond donors (Lipinski definition) is 3. The van der Waals surface area contributed by atoms with Crippen molar-refractivity contribution in [2.45, 2.75) is 80.2 Å². The second kappa shape index (κ2) is 19.9. The van der Waals surface area contributed by atoms with E-state index in [1.165, 1.54) is 6.42 Å². The molecule has 0 spiro atoms. The molecule has 0 aromatic heterocycles. The van der Waals surface area contributed by atoms with Crippen molar-refractivity contribution in [3.05, 3.63) is 0 Å². The van der Waals surface area contributed by atoms with E-state index >= 15 is 0 Å². The molecule has 1 fully saturated rings. The summed E-state index contributed by atoms with van der Waals surface area (Å²) in [4.78, 5) is 21.5. The molecule has 134 valence electrons. The van der Waals surface area contributed by atoms with E-state index in [1.54, 1.807) is 0 Å². The summed E-state index contributed by atoms with van der Waals surface area (Å²) in [5.41, 5.74) is 4.89. The van der Waals surface area contributed by atoms with Crippen molar-refractivity contribution >= 4 is 11.8 Å². The molecular formula is C17H39N3O2. The smallest absolute Gasteiger partial charge is 0.229 e. The Hall–Kier alpha value is -1.10. The molecule has 1 aliphatic rings. The molecule has 0 unspecified atom stereocenters. The van der Waals surface area contributed by atoms with Crippen LogP contribution in [0, 0.1) is 5.92 Å². The van der Waals surface area contributed by atoms with E-state index in [9.17, 15) is 9.59 Å². The lowest BCUT2D eigenvalue weighted by Crippen LogP contribution is -2.43. The first-order valence-corrected chi connectivity index (χ1v) is 8.61. The third kappa shape index (κ3) is 27.3. The number of carbonyl (C=O) groups excluding carboxylic acids is 2. The summed E-state index contributed by atoms with van der Waals surface area (Å²) in [5, 5.41) is 5.96. The van der Waals surface area contributed by atoms with Gasteiger partial charge in [0.2, 0.25) is 11.8 Å². The van der Waals surface area contributed by atoms with Crippen LogP contribution in [0.15, 0.2) is 0 Å². The predicted molar refractivity (Wildman–Crippen MR) is 95.7 cm³/mol. The third-order valence-electron chi connectivity index (χ3n) is 2.04. The fraction of sp³-hybridized carbons (Fsp3) is 0.882. The third-order valence-corrected chi connectivity index (χ3v) is 2.04. The van der Waals surface area contributed by atoms with Gasteiger partial charge >= 0.3 is 0 Å². The quantitative estimate of drug-likeness (QED) is 0.700. The Morgan fingerprint density at radius 1 is 1.14 bits per heavy atom. The summed E-state index contributed by atoms with van der Waals surface area (Å²) in [6.07, 6.45) is 2.89. The summed E-state index contributed by atoms with van der Waals surface area (Å²) >= 11 is 0. The number of hydrogen-bond acceptors (Lipinski definition) is 3. The molecule has 0 aliphatic carbocycles. The second-order valence-electron chi connectivity index (χ2n) is 5.67. The van der Waals surface area contributed by atoms with Crippen LogP contribution < -0.4 is 16.4 Å². The van der Waals surface area contributed by atoms with Gasteiger partial charge in [0.25, 0.3) is 0 Å². The lowest BCUT2D eigenvalue weighted by molar-refractivity contribution is -0.128. The molecule has 0 bridgehead atoms. The average Bonchev–Trinajstić information content (AvgIpc) is 2.41. The number of primary amides is 1. The molecule has 0 atom stereocenters. The number of nitrogens with one attached hydrogen (secondary N) is 2. The van der Waals surface area contributed by atoms with Crippen LogP contribution in [0.25, 0.3) is 0 Å². The summed E-state index contributed by atoms with van der Waals surface area (Å²) in [6, 6.07) is 0.202. The average molecular weight is 318 g/mol. The molecule has 5 heteroatoms. The maximum absolute atomic E-state index is 11.1. The maximum atomic E-state index is 11.1. The Kier molecular flexibility index (Phi) is 23.4. The van der Waals surface area contributed by atoms with E-state index in [-0.39, 0.29) is 18.4 Å². The highest BCUT2D eigenvalue weighted by molar-refractivity contribution is 5.96. The normalized spacial score (nSPS) is 13.5. The van der Waals surface area contributed by atoms with Gasteiger partial charge in [0.1, 0.15) is 6.42 Å². The summed E-state index contributed by atoms with van der Waals surface area (Å²) in [5.74, 6) is -0.00849. The lowest BCUT2D eigenvalue weighted by Gasteiger charge is -2.23. The monoisotopic (exact) mass is 317 g/mol. The molecule has 5 nitrogen and oxygen atoms in total. The van der Waals surface area contributed by atoms with Gasteiger partial charge < -0.3 is 16.4 Å². The number of amides is 2. The van der Waals surface area contributed by atoms with E-state index in [2.05, 4.69) is 45.3 Å². The molecular weight excluding hydrogens is 278 g/mol. The van der Waals surface area contributed by atoms with E-state index in [0.29, 0.717) is 0 Å². The highest BCUT2D eigenvalue weighted by Crippen LogP contribution is 2.01. The van der Waals surface area contributed by atoms with Crippen molar-refractivity contribution in [3.63, 3.8) is 0 Å². The maximum Gasteiger partial charge on any atom is 0.229 e. The molecule has 1 rings (SSSR count).